The Morgan fingerprint density at radius 3 is 0.782 bits per heavy atom. The summed E-state index contributed by atoms with van der Waals surface area (Å²) in [5.41, 5.74) is 31.9. The predicted molar refractivity (Wildman–Crippen MR) is 370 cm³/mol. The van der Waals surface area contributed by atoms with Crippen LogP contribution in [0.4, 0.5) is 34.1 Å². The Bertz CT molecular complexity index is 4400. The van der Waals surface area contributed by atoms with E-state index in [1.807, 2.05) is 0 Å². The summed E-state index contributed by atoms with van der Waals surface area (Å²) >= 11 is 0. The Kier molecular flexibility index (Phi) is 12.9. The summed E-state index contributed by atoms with van der Waals surface area (Å²) in [5, 5.41) is 0. The molecule has 0 saturated carbocycles. The molecular formula is C85H68N2. The molecule has 87 heavy (non-hydrogen) atoms. The van der Waals surface area contributed by atoms with E-state index in [-0.39, 0.29) is 16.2 Å². The lowest BCUT2D eigenvalue weighted by Crippen LogP contribution is -2.17. The molecule has 0 fully saturated rings. The van der Waals surface area contributed by atoms with Gasteiger partial charge in [-0.3, -0.25) is 0 Å². The summed E-state index contributed by atoms with van der Waals surface area (Å²) in [7, 11) is 0. The fraction of sp³-hybridized carbons (Fsp3) is 0.106. The van der Waals surface area contributed by atoms with E-state index < -0.39 is 0 Å². The normalized spacial score (nSPS) is 14.3. The molecule has 0 aromatic heterocycles. The van der Waals surface area contributed by atoms with Crippen molar-refractivity contribution in [3.63, 3.8) is 0 Å². The number of nitrogens with zero attached hydrogens (tertiary/aromatic N) is 2. The number of hydrogen-bond donors (Lipinski definition) is 0. The highest BCUT2D eigenvalue weighted by atomic mass is 15.2. The van der Waals surface area contributed by atoms with Crippen molar-refractivity contribution in [1.29, 1.82) is 0 Å². The Hall–Kier alpha value is -10.3. The van der Waals surface area contributed by atoms with Gasteiger partial charge in [0.25, 0.3) is 0 Å². The van der Waals surface area contributed by atoms with Crippen molar-refractivity contribution in [2.45, 2.75) is 57.8 Å². The van der Waals surface area contributed by atoms with Gasteiger partial charge < -0.3 is 9.80 Å². The smallest absolute Gasteiger partial charge is 0.0540 e. The van der Waals surface area contributed by atoms with E-state index in [2.05, 4.69) is 355 Å². The second kappa shape index (κ2) is 21.0. The van der Waals surface area contributed by atoms with Gasteiger partial charge in [0.2, 0.25) is 0 Å². The number of para-hydroxylation sites is 4. The first-order chi connectivity index (χ1) is 42.4. The molecule has 12 aromatic carbocycles. The van der Waals surface area contributed by atoms with Crippen LogP contribution >= 0.6 is 0 Å². The average Bonchev–Trinajstić information content (AvgIpc) is 3.76. The largest absolute Gasteiger partial charge is 0.310 e. The van der Waals surface area contributed by atoms with Gasteiger partial charge in [-0.15, -0.1) is 0 Å². The molecule has 0 bridgehead atoms. The fourth-order valence-electron chi connectivity index (χ4n) is 14.4. The SMILES string of the molecule is CC1(C)c2cc(/C=C/c3ccc4c(c3)C(C)(C)c3cc(N(c5ccccc5)c5ccccc5-c5ccccc5)ccc3-4)ccc2-c2ccc(/C=C/c3ccc4c(c3)C(C)(C)c3cc(N(c5ccccc5)c5ccccc5-c5ccccc5)ccc3-4)cc21. The lowest BCUT2D eigenvalue weighted by Gasteiger charge is -2.29. The summed E-state index contributed by atoms with van der Waals surface area (Å²) in [6.45, 7) is 14.3. The van der Waals surface area contributed by atoms with Crippen LogP contribution in [-0.4, -0.2) is 0 Å². The van der Waals surface area contributed by atoms with Gasteiger partial charge in [0.1, 0.15) is 0 Å². The Labute approximate surface area is 513 Å². The fourth-order valence-corrected chi connectivity index (χ4v) is 14.4. The molecular weight excluding hydrogens is 1050 g/mol. The van der Waals surface area contributed by atoms with Crippen LogP contribution in [0.2, 0.25) is 0 Å². The van der Waals surface area contributed by atoms with Crippen LogP contribution in [-0.2, 0) is 16.2 Å². The van der Waals surface area contributed by atoms with E-state index in [1.165, 1.54) is 111 Å². The summed E-state index contributed by atoms with van der Waals surface area (Å²) in [6.07, 6.45) is 9.19. The quantitative estimate of drug-likeness (QED) is 0.113. The summed E-state index contributed by atoms with van der Waals surface area (Å²) in [5.74, 6) is 0. The molecule has 0 unspecified atom stereocenters. The molecule has 2 nitrogen and oxygen atoms in total. The molecule has 3 aliphatic carbocycles. The second-order valence-corrected chi connectivity index (χ2v) is 25.3. The number of fused-ring (bicyclic) bond motifs is 9. The van der Waals surface area contributed by atoms with E-state index in [9.17, 15) is 0 Å². The predicted octanol–water partition coefficient (Wildman–Crippen LogP) is 23.2. The van der Waals surface area contributed by atoms with Crippen LogP contribution in [0.5, 0.6) is 0 Å². The van der Waals surface area contributed by atoms with E-state index in [1.54, 1.807) is 0 Å². The Morgan fingerprint density at radius 1 is 0.218 bits per heavy atom. The molecule has 0 aliphatic heterocycles. The number of hydrogen-bond acceptors (Lipinski definition) is 2. The third kappa shape index (κ3) is 9.18. The summed E-state index contributed by atoms with van der Waals surface area (Å²) < 4.78 is 0. The molecule has 0 spiro atoms. The first kappa shape index (κ1) is 53.4. The van der Waals surface area contributed by atoms with Gasteiger partial charge >= 0.3 is 0 Å². The van der Waals surface area contributed by atoms with Crippen molar-refractivity contribution in [1.82, 2.24) is 0 Å². The monoisotopic (exact) mass is 1120 g/mol. The Morgan fingerprint density at radius 2 is 0.471 bits per heavy atom. The lowest BCUT2D eigenvalue weighted by molar-refractivity contribution is 0.660. The van der Waals surface area contributed by atoms with Crippen molar-refractivity contribution < 1.29 is 0 Å². The van der Waals surface area contributed by atoms with Crippen molar-refractivity contribution in [2.75, 3.05) is 9.80 Å². The zero-order chi connectivity index (χ0) is 59.0. The Balaban J connectivity index is 0.668. The zero-order valence-corrected chi connectivity index (χ0v) is 50.3. The number of benzene rings is 12. The highest BCUT2D eigenvalue weighted by Gasteiger charge is 2.39. The molecule has 12 aromatic rings. The maximum atomic E-state index is 2.43. The molecule has 0 atom stereocenters. The molecule has 0 radical (unpaired) electrons. The minimum Gasteiger partial charge on any atom is -0.310 e. The number of rotatable bonds is 12. The average molecular weight is 1120 g/mol. The lowest BCUT2D eigenvalue weighted by atomic mass is 9.81. The van der Waals surface area contributed by atoms with Gasteiger partial charge in [0.05, 0.1) is 11.4 Å². The molecule has 3 aliphatic rings. The zero-order valence-electron chi connectivity index (χ0n) is 50.3. The van der Waals surface area contributed by atoms with Crippen molar-refractivity contribution in [2.24, 2.45) is 0 Å². The number of anilines is 6. The summed E-state index contributed by atoms with van der Waals surface area (Å²) in [6, 6.07) is 103. The third-order valence-electron chi connectivity index (χ3n) is 19.0. The van der Waals surface area contributed by atoms with E-state index in [0.717, 1.165) is 34.1 Å². The van der Waals surface area contributed by atoms with Crippen LogP contribution in [0.1, 0.15) is 97.2 Å². The van der Waals surface area contributed by atoms with Gasteiger partial charge in [-0.05, 0) is 161 Å². The van der Waals surface area contributed by atoms with Crippen molar-refractivity contribution in [3.05, 3.63) is 335 Å². The molecule has 15 rings (SSSR count). The van der Waals surface area contributed by atoms with Crippen LogP contribution in [0, 0.1) is 0 Å². The third-order valence-corrected chi connectivity index (χ3v) is 19.0. The van der Waals surface area contributed by atoms with Gasteiger partial charge in [-0.1, -0.05) is 284 Å². The van der Waals surface area contributed by atoms with E-state index in [4.69, 9.17) is 0 Å². The van der Waals surface area contributed by atoms with Gasteiger partial charge in [-0.25, -0.2) is 0 Å². The molecule has 0 saturated heterocycles. The van der Waals surface area contributed by atoms with Crippen LogP contribution in [0.15, 0.2) is 279 Å². The first-order valence-corrected chi connectivity index (χ1v) is 30.6. The maximum Gasteiger partial charge on any atom is 0.0540 e. The van der Waals surface area contributed by atoms with Crippen LogP contribution in [0.3, 0.4) is 0 Å². The van der Waals surface area contributed by atoms with E-state index in [0.29, 0.717) is 0 Å². The van der Waals surface area contributed by atoms with Gasteiger partial charge in [0.15, 0.2) is 0 Å². The second-order valence-electron chi connectivity index (χ2n) is 25.3. The molecule has 0 N–H and O–H groups in total. The molecule has 418 valence electrons. The first-order valence-electron chi connectivity index (χ1n) is 30.6. The minimum absolute atomic E-state index is 0.164. The maximum absolute atomic E-state index is 2.43. The molecule has 0 heterocycles. The van der Waals surface area contributed by atoms with Crippen molar-refractivity contribution >= 4 is 58.4 Å². The van der Waals surface area contributed by atoms with E-state index >= 15 is 0 Å². The van der Waals surface area contributed by atoms with Crippen LogP contribution in [0.25, 0.3) is 79.9 Å². The summed E-state index contributed by atoms with van der Waals surface area (Å²) in [4.78, 5) is 4.83. The highest BCUT2D eigenvalue weighted by molar-refractivity contribution is 5.94. The van der Waals surface area contributed by atoms with Gasteiger partial charge in [0, 0.05) is 50.1 Å². The minimum atomic E-state index is -0.205. The van der Waals surface area contributed by atoms with Gasteiger partial charge in [-0.2, -0.15) is 0 Å². The van der Waals surface area contributed by atoms with Crippen LogP contribution < -0.4 is 9.80 Å². The van der Waals surface area contributed by atoms with Crippen molar-refractivity contribution in [3.8, 4) is 55.6 Å². The molecule has 2 heteroatoms. The molecule has 0 amide bonds. The highest BCUT2D eigenvalue weighted by Crippen LogP contribution is 2.55. The topological polar surface area (TPSA) is 6.48 Å². The standard InChI is InChI=1S/C85H68N2/c1-83(2)75-51-57(35-37-59-41-47-71-73-49-43-65(55-79(73)84(3,4)77(71)53-59)86(63-27-15-9-16-28-63)81-33-21-19-31-67(81)61-23-11-7-12-24-61)39-45-69(75)70-46-40-58(52-76(70)83)36-38-60-42-48-72-74-50-44-66(56-80(74)85(5,6)78(72)54-60)87(64-29-17-10-18-30-64)82-34-22-20-32-68(82)62-25-13-8-14-26-62/h7-56H,1-6H3/b37-35+,38-36+.